The Balaban J connectivity index is 1.64. The maximum Gasteiger partial charge on any atom is 0.310 e. The smallest absolute Gasteiger partial charge is 0.310 e. The number of aromatic nitrogens is 1. The first-order valence-electron chi connectivity index (χ1n) is 9.07. The second-order valence-electron chi connectivity index (χ2n) is 6.46. The van der Waals surface area contributed by atoms with E-state index in [0.29, 0.717) is 19.4 Å². The molecule has 7 nitrogen and oxygen atoms in total. The number of carbonyl (C=O) groups is 3. The predicted molar refractivity (Wildman–Crippen MR) is 102 cm³/mol. The molecule has 154 valence electrons. The van der Waals surface area contributed by atoms with Gasteiger partial charge in [0.15, 0.2) is 16.8 Å². The number of esters is 1. The van der Waals surface area contributed by atoms with Crippen LogP contribution in [0.25, 0.3) is 0 Å². The van der Waals surface area contributed by atoms with Crippen LogP contribution >= 0.6 is 11.3 Å². The maximum absolute atomic E-state index is 13.3. The molecule has 1 aliphatic heterocycles. The van der Waals surface area contributed by atoms with E-state index in [1.165, 1.54) is 5.38 Å². The number of nitrogens with one attached hydrogen (secondary N) is 1. The number of halogens is 2. The molecule has 0 spiro atoms. The van der Waals surface area contributed by atoms with Gasteiger partial charge in [-0.2, -0.15) is 0 Å². The van der Waals surface area contributed by atoms with Gasteiger partial charge in [0.2, 0.25) is 0 Å². The molecule has 2 aromatic rings. The van der Waals surface area contributed by atoms with Gasteiger partial charge in [-0.15, -0.1) is 11.3 Å². The van der Waals surface area contributed by atoms with Crippen molar-refractivity contribution in [1.29, 1.82) is 0 Å². The predicted octanol–water partition coefficient (Wildman–Crippen LogP) is 3.09. The van der Waals surface area contributed by atoms with E-state index in [1.54, 1.807) is 11.8 Å². The van der Waals surface area contributed by atoms with Crippen molar-refractivity contribution >= 4 is 34.3 Å². The van der Waals surface area contributed by atoms with Crippen LogP contribution < -0.4 is 5.32 Å². The highest BCUT2D eigenvalue weighted by Crippen LogP contribution is 2.22. The van der Waals surface area contributed by atoms with Crippen LogP contribution in [-0.4, -0.2) is 47.4 Å². The number of thiazole rings is 1. The monoisotopic (exact) mass is 423 g/mol. The molecule has 1 aromatic carbocycles. The quantitative estimate of drug-likeness (QED) is 0.747. The molecule has 1 aromatic heterocycles. The van der Waals surface area contributed by atoms with E-state index < -0.39 is 17.5 Å². The number of nitrogens with zero attached hydrogens (tertiary/aromatic N) is 2. The Morgan fingerprint density at radius 2 is 2.10 bits per heavy atom. The molecule has 2 amide bonds. The van der Waals surface area contributed by atoms with Crippen LogP contribution in [-0.2, 0) is 9.53 Å². The van der Waals surface area contributed by atoms with E-state index in [9.17, 15) is 23.2 Å². The number of piperidine rings is 1. The van der Waals surface area contributed by atoms with Gasteiger partial charge in [0, 0.05) is 24.0 Å². The summed E-state index contributed by atoms with van der Waals surface area (Å²) < 4.78 is 31.3. The summed E-state index contributed by atoms with van der Waals surface area (Å²) in [6, 6.07) is 2.79. The van der Waals surface area contributed by atoms with E-state index in [0.717, 1.165) is 29.5 Å². The van der Waals surface area contributed by atoms with Crippen molar-refractivity contribution in [2.75, 3.05) is 25.0 Å². The summed E-state index contributed by atoms with van der Waals surface area (Å²) in [4.78, 5) is 42.4. The SMILES string of the molecule is CCOC(=O)C1CCCN(C(=O)c2csc(NC(=O)c3ccc(F)c(F)c3)n2)C1. The van der Waals surface area contributed by atoms with E-state index in [1.807, 2.05) is 0 Å². The van der Waals surface area contributed by atoms with Crippen LogP contribution in [0.15, 0.2) is 23.6 Å². The molecule has 0 radical (unpaired) electrons. The number of likely N-dealkylation sites (tertiary alicyclic amines) is 1. The lowest BCUT2D eigenvalue weighted by molar-refractivity contribution is -0.149. The third kappa shape index (κ3) is 4.94. The fourth-order valence-electron chi connectivity index (χ4n) is 3.01. The van der Waals surface area contributed by atoms with Crippen molar-refractivity contribution in [2.45, 2.75) is 19.8 Å². The summed E-state index contributed by atoms with van der Waals surface area (Å²) in [5.74, 6) is -3.87. The number of benzene rings is 1. The molecule has 0 saturated carbocycles. The molecule has 1 aliphatic rings. The van der Waals surface area contributed by atoms with Gasteiger partial charge in [-0.25, -0.2) is 13.8 Å². The number of carbonyl (C=O) groups excluding carboxylic acids is 3. The zero-order chi connectivity index (χ0) is 21.0. The molecule has 0 bridgehead atoms. The van der Waals surface area contributed by atoms with Crippen LogP contribution in [0.2, 0.25) is 0 Å². The molecule has 0 aliphatic carbocycles. The number of anilines is 1. The average molecular weight is 423 g/mol. The van der Waals surface area contributed by atoms with Gasteiger partial charge in [-0.1, -0.05) is 0 Å². The number of hydrogen-bond donors (Lipinski definition) is 1. The van der Waals surface area contributed by atoms with Crippen LogP contribution in [0, 0.1) is 17.6 Å². The van der Waals surface area contributed by atoms with Crippen LogP contribution in [0.5, 0.6) is 0 Å². The molecule has 1 saturated heterocycles. The molecule has 2 heterocycles. The standard InChI is InChI=1S/C19H19F2N3O4S/c1-2-28-18(27)12-4-3-7-24(9-12)17(26)15-10-29-19(22-15)23-16(25)11-5-6-13(20)14(21)8-11/h5-6,8,10,12H,2-4,7,9H2,1H3,(H,22,23,25). The Hall–Kier alpha value is -2.88. The molecule has 10 heteroatoms. The van der Waals surface area contributed by atoms with Crippen LogP contribution in [0.3, 0.4) is 0 Å². The minimum atomic E-state index is -1.13. The molecular weight excluding hydrogens is 404 g/mol. The molecule has 3 rings (SSSR count). The van der Waals surface area contributed by atoms with Crippen molar-refractivity contribution in [3.05, 3.63) is 46.5 Å². The van der Waals surface area contributed by atoms with Crippen LogP contribution in [0.4, 0.5) is 13.9 Å². The third-order valence-electron chi connectivity index (χ3n) is 4.45. The number of rotatable bonds is 5. The molecular formula is C19H19F2N3O4S. The summed E-state index contributed by atoms with van der Waals surface area (Å²) in [6.07, 6.45) is 1.34. The number of hydrogen-bond acceptors (Lipinski definition) is 6. The minimum Gasteiger partial charge on any atom is -0.466 e. The maximum atomic E-state index is 13.3. The van der Waals surface area contributed by atoms with Gasteiger partial charge in [-0.3, -0.25) is 19.7 Å². The summed E-state index contributed by atoms with van der Waals surface area (Å²) >= 11 is 1.04. The van der Waals surface area contributed by atoms with Crippen molar-refractivity contribution in [1.82, 2.24) is 9.88 Å². The molecule has 1 N–H and O–H groups in total. The van der Waals surface area contributed by atoms with Gasteiger partial charge in [0.25, 0.3) is 11.8 Å². The van der Waals surface area contributed by atoms with Crippen molar-refractivity contribution in [3.63, 3.8) is 0 Å². The fourth-order valence-corrected chi connectivity index (χ4v) is 3.69. The zero-order valence-corrected chi connectivity index (χ0v) is 16.4. The molecule has 1 atom stereocenters. The summed E-state index contributed by atoms with van der Waals surface area (Å²) in [5, 5.41) is 4.11. The first-order valence-corrected chi connectivity index (χ1v) is 9.94. The van der Waals surface area contributed by atoms with Gasteiger partial charge in [0.05, 0.1) is 12.5 Å². The summed E-state index contributed by atoms with van der Waals surface area (Å²) in [6.45, 7) is 2.78. The zero-order valence-electron chi connectivity index (χ0n) is 15.6. The number of amides is 2. The largest absolute Gasteiger partial charge is 0.466 e. The average Bonchev–Trinajstić information content (AvgIpc) is 3.18. The Bertz CT molecular complexity index is 934. The second-order valence-corrected chi connectivity index (χ2v) is 7.32. The highest BCUT2D eigenvalue weighted by molar-refractivity contribution is 7.14. The van der Waals surface area contributed by atoms with Gasteiger partial charge >= 0.3 is 5.97 Å². The first kappa shape index (κ1) is 20.8. The van der Waals surface area contributed by atoms with Crippen LogP contribution in [0.1, 0.15) is 40.6 Å². The highest BCUT2D eigenvalue weighted by atomic mass is 32.1. The van der Waals surface area contributed by atoms with Gasteiger partial charge in [-0.05, 0) is 38.0 Å². The van der Waals surface area contributed by atoms with Gasteiger partial charge in [0.1, 0.15) is 5.69 Å². The molecule has 29 heavy (non-hydrogen) atoms. The lowest BCUT2D eigenvalue weighted by Gasteiger charge is -2.31. The normalized spacial score (nSPS) is 16.4. The second kappa shape index (κ2) is 9.08. The number of ether oxygens (including phenoxy) is 1. The Morgan fingerprint density at radius 1 is 1.31 bits per heavy atom. The van der Waals surface area contributed by atoms with Gasteiger partial charge < -0.3 is 9.64 Å². The first-order chi connectivity index (χ1) is 13.9. The highest BCUT2D eigenvalue weighted by Gasteiger charge is 2.30. The Labute approximate surface area is 169 Å². The molecule has 1 unspecified atom stereocenters. The Kier molecular flexibility index (Phi) is 6.53. The van der Waals surface area contributed by atoms with E-state index in [4.69, 9.17) is 4.74 Å². The third-order valence-corrected chi connectivity index (χ3v) is 5.21. The Morgan fingerprint density at radius 3 is 2.83 bits per heavy atom. The minimum absolute atomic E-state index is 0.0692. The van der Waals surface area contributed by atoms with Crippen molar-refractivity contribution < 1.29 is 27.9 Å². The lowest BCUT2D eigenvalue weighted by Crippen LogP contribution is -2.43. The van der Waals surface area contributed by atoms with Crippen molar-refractivity contribution in [3.8, 4) is 0 Å². The molecule has 1 fully saturated rings. The van der Waals surface area contributed by atoms with E-state index >= 15 is 0 Å². The fraction of sp³-hybridized carbons (Fsp3) is 0.368. The van der Waals surface area contributed by atoms with E-state index in [-0.39, 0.29) is 47.3 Å². The lowest BCUT2D eigenvalue weighted by atomic mass is 9.98. The van der Waals surface area contributed by atoms with Crippen molar-refractivity contribution in [2.24, 2.45) is 5.92 Å². The summed E-state index contributed by atoms with van der Waals surface area (Å²) in [5.41, 5.74) is 0.0698. The topological polar surface area (TPSA) is 88.6 Å². The van der Waals surface area contributed by atoms with E-state index in [2.05, 4.69) is 10.3 Å². The summed E-state index contributed by atoms with van der Waals surface area (Å²) in [7, 11) is 0.